The third-order valence-corrected chi connectivity index (χ3v) is 4.86. The Bertz CT molecular complexity index is 805. The van der Waals surface area contributed by atoms with Crippen molar-refractivity contribution in [2.45, 2.75) is 13.3 Å². The first-order chi connectivity index (χ1) is 13.1. The van der Waals surface area contributed by atoms with Gasteiger partial charge in [0.15, 0.2) is 11.5 Å². The van der Waals surface area contributed by atoms with Crippen LogP contribution in [0.5, 0.6) is 17.2 Å². The van der Waals surface area contributed by atoms with Crippen LogP contribution < -0.4 is 24.4 Å². The second kappa shape index (κ2) is 8.20. The molecule has 1 saturated heterocycles. The molecule has 1 aliphatic heterocycles. The molecule has 1 unspecified atom stereocenters. The van der Waals surface area contributed by atoms with Gasteiger partial charge < -0.3 is 24.4 Å². The highest BCUT2D eigenvalue weighted by Gasteiger charge is 2.21. The highest BCUT2D eigenvalue weighted by atomic mass is 16.5. The van der Waals surface area contributed by atoms with Gasteiger partial charge in [-0.25, -0.2) is 0 Å². The molecule has 1 fully saturated rings. The molecule has 6 nitrogen and oxygen atoms in total. The Morgan fingerprint density at radius 2 is 1.70 bits per heavy atom. The molecule has 2 aromatic carbocycles. The smallest absolute Gasteiger partial charge is 0.259 e. The molecule has 1 amide bonds. The van der Waals surface area contributed by atoms with E-state index in [9.17, 15) is 4.79 Å². The van der Waals surface area contributed by atoms with Crippen LogP contribution in [0.4, 0.5) is 11.4 Å². The summed E-state index contributed by atoms with van der Waals surface area (Å²) < 4.78 is 16.0. The second-order valence-electron chi connectivity index (χ2n) is 6.72. The molecule has 1 heterocycles. The Morgan fingerprint density at radius 3 is 2.26 bits per heavy atom. The van der Waals surface area contributed by atoms with E-state index in [4.69, 9.17) is 14.2 Å². The Kier molecular flexibility index (Phi) is 5.74. The van der Waals surface area contributed by atoms with Crippen LogP contribution in [0.25, 0.3) is 0 Å². The Hall–Kier alpha value is -2.89. The number of anilines is 2. The molecular formula is C21H26N2O4. The van der Waals surface area contributed by atoms with Crippen molar-refractivity contribution in [2.24, 2.45) is 5.92 Å². The summed E-state index contributed by atoms with van der Waals surface area (Å²) in [6, 6.07) is 11.3. The molecule has 0 bridgehead atoms. The first kappa shape index (κ1) is 18.9. The zero-order valence-electron chi connectivity index (χ0n) is 16.2. The van der Waals surface area contributed by atoms with Gasteiger partial charge in [0.1, 0.15) is 0 Å². The van der Waals surface area contributed by atoms with E-state index in [2.05, 4.69) is 17.1 Å². The van der Waals surface area contributed by atoms with Crippen molar-refractivity contribution in [1.29, 1.82) is 0 Å². The lowest BCUT2D eigenvalue weighted by Crippen LogP contribution is -2.19. The van der Waals surface area contributed by atoms with Crippen LogP contribution in [0.3, 0.4) is 0 Å². The number of ether oxygens (including phenoxy) is 3. The van der Waals surface area contributed by atoms with E-state index in [0.29, 0.717) is 22.8 Å². The first-order valence-electron chi connectivity index (χ1n) is 9.02. The predicted molar refractivity (Wildman–Crippen MR) is 106 cm³/mol. The van der Waals surface area contributed by atoms with Gasteiger partial charge in [-0.1, -0.05) is 6.92 Å². The van der Waals surface area contributed by atoms with Crippen molar-refractivity contribution < 1.29 is 19.0 Å². The van der Waals surface area contributed by atoms with Gasteiger partial charge in [0.2, 0.25) is 5.75 Å². The fourth-order valence-corrected chi connectivity index (χ4v) is 3.40. The lowest BCUT2D eigenvalue weighted by atomic mass is 10.1. The molecule has 1 aliphatic rings. The summed E-state index contributed by atoms with van der Waals surface area (Å²) in [5.74, 6) is 1.70. The van der Waals surface area contributed by atoms with Crippen molar-refractivity contribution in [3.8, 4) is 17.2 Å². The van der Waals surface area contributed by atoms with Crippen LogP contribution >= 0.6 is 0 Å². The van der Waals surface area contributed by atoms with Crippen LogP contribution in [0, 0.1) is 5.92 Å². The van der Waals surface area contributed by atoms with Crippen molar-refractivity contribution in [3.63, 3.8) is 0 Å². The molecule has 27 heavy (non-hydrogen) atoms. The summed E-state index contributed by atoms with van der Waals surface area (Å²) in [6.07, 6.45) is 1.22. The number of hydrogen-bond donors (Lipinski definition) is 1. The molecule has 0 aromatic heterocycles. The number of carbonyl (C=O) groups excluding carboxylic acids is 1. The second-order valence-corrected chi connectivity index (χ2v) is 6.72. The molecule has 0 spiro atoms. The van der Waals surface area contributed by atoms with E-state index < -0.39 is 0 Å². The highest BCUT2D eigenvalue weighted by molar-refractivity contribution is 6.07. The van der Waals surface area contributed by atoms with Gasteiger partial charge in [-0.3, -0.25) is 4.79 Å². The lowest BCUT2D eigenvalue weighted by molar-refractivity contribution is 0.102. The third-order valence-electron chi connectivity index (χ3n) is 4.86. The maximum absolute atomic E-state index is 12.7. The van der Waals surface area contributed by atoms with Gasteiger partial charge in [0.05, 0.1) is 26.9 Å². The summed E-state index contributed by atoms with van der Waals surface area (Å²) in [6.45, 7) is 4.43. The van der Waals surface area contributed by atoms with Crippen LogP contribution in [0.15, 0.2) is 36.4 Å². The third kappa shape index (κ3) is 3.94. The average Bonchev–Trinajstić information content (AvgIpc) is 3.13. The summed E-state index contributed by atoms with van der Waals surface area (Å²) in [4.78, 5) is 15.1. The van der Waals surface area contributed by atoms with E-state index in [1.165, 1.54) is 26.3 Å². The Labute approximate surface area is 160 Å². The van der Waals surface area contributed by atoms with Gasteiger partial charge in [0.25, 0.3) is 5.91 Å². The van der Waals surface area contributed by atoms with Crippen molar-refractivity contribution in [2.75, 3.05) is 44.6 Å². The number of hydrogen-bond acceptors (Lipinski definition) is 5. The molecule has 1 atom stereocenters. The molecule has 144 valence electrons. The van der Waals surface area contributed by atoms with Gasteiger partial charge in [-0.05, 0) is 48.7 Å². The molecule has 1 N–H and O–H groups in total. The molecule has 3 rings (SSSR count). The van der Waals surface area contributed by atoms with Crippen LogP contribution in [0.1, 0.15) is 23.7 Å². The average molecular weight is 370 g/mol. The van der Waals surface area contributed by atoms with Gasteiger partial charge >= 0.3 is 0 Å². The van der Waals surface area contributed by atoms with Crippen molar-refractivity contribution >= 4 is 17.3 Å². The molecule has 0 saturated carbocycles. The standard InChI is InChI=1S/C21H26N2O4/c1-14-11-12-23(13-14)16-7-5-15(6-8-16)22-21(24)17-9-10-18(25-2)20(27-4)19(17)26-3/h5-10,14H,11-13H2,1-4H3,(H,22,24). The summed E-state index contributed by atoms with van der Waals surface area (Å²) in [7, 11) is 4.56. The largest absolute Gasteiger partial charge is 0.493 e. The van der Waals surface area contributed by atoms with E-state index in [-0.39, 0.29) is 5.91 Å². The number of nitrogens with one attached hydrogen (secondary N) is 1. The number of carbonyl (C=O) groups is 1. The fraction of sp³-hybridized carbons (Fsp3) is 0.381. The van der Waals surface area contributed by atoms with Crippen molar-refractivity contribution in [3.05, 3.63) is 42.0 Å². The van der Waals surface area contributed by atoms with E-state index in [0.717, 1.165) is 24.7 Å². The quantitative estimate of drug-likeness (QED) is 0.838. The maximum Gasteiger partial charge on any atom is 0.259 e. The highest BCUT2D eigenvalue weighted by Crippen LogP contribution is 2.40. The van der Waals surface area contributed by atoms with Gasteiger partial charge in [0, 0.05) is 24.5 Å². The Balaban J connectivity index is 1.77. The molecule has 2 aromatic rings. The first-order valence-corrected chi connectivity index (χ1v) is 9.02. The molecule has 0 radical (unpaired) electrons. The fourth-order valence-electron chi connectivity index (χ4n) is 3.40. The normalized spacial score (nSPS) is 16.1. The minimum Gasteiger partial charge on any atom is -0.493 e. The molecule has 6 heteroatoms. The molecule has 0 aliphatic carbocycles. The van der Waals surface area contributed by atoms with Crippen LogP contribution in [-0.2, 0) is 0 Å². The molecular weight excluding hydrogens is 344 g/mol. The lowest BCUT2D eigenvalue weighted by Gasteiger charge is -2.19. The summed E-state index contributed by atoms with van der Waals surface area (Å²) in [5.41, 5.74) is 2.29. The number of nitrogens with zero attached hydrogens (tertiary/aromatic N) is 1. The van der Waals surface area contributed by atoms with Gasteiger partial charge in [-0.15, -0.1) is 0 Å². The van der Waals surface area contributed by atoms with Crippen molar-refractivity contribution in [1.82, 2.24) is 0 Å². The number of benzene rings is 2. The zero-order valence-corrected chi connectivity index (χ0v) is 16.2. The summed E-state index contributed by atoms with van der Waals surface area (Å²) >= 11 is 0. The van der Waals surface area contributed by atoms with E-state index in [1.54, 1.807) is 19.2 Å². The van der Waals surface area contributed by atoms with Gasteiger partial charge in [-0.2, -0.15) is 0 Å². The number of rotatable bonds is 6. The van der Waals surface area contributed by atoms with E-state index >= 15 is 0 Å². The van der Waals surface area contributed by atoms with E-state index in [1.807, 2.05) is 24.3 Å². The summed E-state index contributed by atoms with van der Waals surface area (Å²) in [5, 5.41) is 2.91. The predicted octanol–water partition coefficient (Wildman–Crippen LogP) is 3.81. The Morgan fingerprint density at radius 1 is 1.00 bits per heavy atom. The SMILES string of the molecule is COc1ccc(C(=O)Nc2ccc(N3CCC(C)C3)cc2)c(OC)c1OC. The van der Waals surface area contributed by atoms with Crippen LogP contribution in [0.2, 0.25) is 0 Å². The maximum atomic E-state index is 12.7. The monoisotopic (exact) mass is 370 g/mol. The topological polar surface area (TPSA) is 60.0 Å². The minimum atomic E-state index is -0.268. The number of amides is 1. The zero-order chi connectivity index (χ0) is 19.4. The van der Waals surface area contributed by atoms with Crippen LogP contribution in [-0.4, -0.2) is 40.3 Å². The minimum absolute atomic E-state index is 0.268. The number of methoxy groups -OCH3 is 3.